The molecule has 0 heterocycles. The zero-order valence-corrected chi connectivity index (χ0v) is 15.3. The van der Waals surface area contributed by atoms with Crippen molar-refractivity contribution >= 4 is 17.7 Å². The molecule has 0 aromatic heterocycles. The largest absolute Gasteiger partial charge is 0.465 e. The second-order valence-corrected chi connectivity index (χ2v) is 5.40. The number of ketones is 1. The van der Waals surface area contributed by atoms with Crippen molar-refractivity contribution in [2.75, 3.05) is 20.3 Å². The number of carbonyl (C=O) groups is 3. The number of carbonyl (C=O) groups excluding carboxylic acids is 3. The van der Waals surface area contributed by atoms with Crippen LogP contribution >= 0.6 is 0 Å². The van der Waals surface area contributed by atoms with Crippen molar-refractivity contribution in [1.29, 1.82) is 0 Å². The van der Waals surface area contributed by atoms with E-state index in [4.69, 9.17) is 5.11 Å². The van der Waals surface area contributed by atoms with Crippen molar-refractivity contribution < 1.29 is 29.0 Å². The highest BCUT2D eigenvalue weighted by Crippen LogP contribution is 2.11. The Hall–Kier alpha value is -3.25. The molecule has 0 spiro atoms. The summed E-state index contributed by atoms with van der Waals surface area (Å²) in [7, 11) is 1.32. The monoisotopic (exact) mass is 370 g/mol. The van der Waals surface area contributed by atoms with E-state index in [9.17, 15) is 14.4 Å². The van der Waals surface area contributed by atoms with E-state index < -0.39 is 11.9 Å². The molecule has 0 radical (unpaired) electrons. The maximum atomic E-state index is 12.1. The summed E-state index contributed by atoms with van der Waals surface area (Å²) in [5, 5.41) is 8.19. The lowest BCUT2D eigenvalue weighted by Gasteiger charge is -2.02. The Bertz CT molecular complexity index is 778. The molecule has 2 aromatic carbocycles. The van der Waals surface area contributed by atoms with Crippen LogP contribution in [0.3, 0.4) is 0 Å². The first kappa shape index (κ1) is 21.8. The van der Waals surface area contributed by atoms with Crippen LogP contribution in [0.1, 0.15) is 33.2 Å². The van der Waals surface area contributed by atoms with E-state index in [1.807, 2.05) is 18.2 Å². The molecule has 0 atom stereocenters. The lowest BCUT2D eigenvalue weighted by molar-refractivity contribution is -0.139. The number of hydrogen-bond donors (Lipinski definition) is 1. The third-order valence-corrected chi connectivity index (χ3v) is 3.28. The van der Waals surface area contributed by atoms with Gasteiger partial charge in [0, 0.05) is 16.7 Å². The van der Waals surface area contributed by atoms with E-state index in [2.05, 4.69) is 16.1 Å². The quantitative estimate of drug-likeness (QED) is 0.478. The molecule has 1 N–H and O–H groups in total. The van der Waals surface area contributed by atoms with Crippen LogP contribution in [0.4, 0.5) is 0 Å². The molecule has 6 heteroatoms. The minimum absolute atomic E-state index is 0.0473. The Kier molecular flexibility index (Phi) is 9.19. The molecule has 6 nitrogen and oxygen atoms in total. The highest BCUT2D eigenvalue weighted by atomic mass is 16.5. The number of hydrogen-bond acceptors (Lipinski definition) is 6. The molecule has 2 aromatic rings. The van der Waals surface area contributed by atoms with Gasteiger partial charge in [0.1, 0.15) is 6.61 Å². The Balaban J connectivity index is 0.000000345. The number of benzene rings is 2. The zero-order chi connectivity index (χ0) is 20.2. The number of rotatable bonds is 6. The lowest BCUT2D eigenvalue weighted by Crippen LogP contribution is -2.08. The number of aliphatic hydroxyl groups is 1. The van der Waals surface area contributed by atoms with Gasteiger partial charge in [0.25, 0.3) is 0 Å². The predicted octanol–water partition coefficient (Wildman–Crippen LogP) is 2.80. The summed E-state index contributed by atoms with van der Waals surface area (Å²) in [6, 6.07) is 15.4. The fourth-order valence-corrected chi connectivity index (χ4v) is 1.89. The van der Waals surface area contributed by atoms with Gasteiger partial charge in [0.2, 0.25) is 0 Å². The number of esters is 2. The maximum absolute atomic E-state index is 12.1. The van der Waals surface area contributed by atoms with Crippen molar-refractivity contribution in [3.05, 3.63) is 83.4 Å². The molecule has 142 valence electrons. The topological polar surface area (TPSA) is 89.9 Å². The fraction of sp³-hybridized carbons (Fsp3) is 0.190. The molecule has 27 heavy (non-hydrogen) atoms. The van der Waals surface area contributed by atoms with Gasteiger partial charge in [0.15, 0.2) is 5.78 Å². The molecule has 0 saturated heterocycles. The van der Waals surface area contributed by atoms with Gasteiger partial charge in [0.05, 0.1) is 19.3 Å². The van der Waals surface area contributed by atoms with E-state index in [1.165, 1.54) is 7.11 Å². The molecule has 0 aliphatic rings. The van der Waals surface area contributed by atoms with E-state index in [0.29, 0.717) is 22.3 Å². The van der Waals surface area contributed by atoms with Crippen molar-refractivity contribution in [2.45, 2.75) is 6.92 Å². The minimum Gasteiger partial charge on any atom is -0.465 e. The summed E-state index contributed by atoms with van der Waals surface area (Å²) < 4.78 is 9.06. The van der Waals surface area contributed by atoms with E-state index in [1.54, 1.807) is 43.3 Å². The Labute approximate surface area is 158 Å². The van der Waals surface area contributed by atoms with Gasteiger partial charge in [-0.1, -0.05) is 49.0 Å². The van der Waals surface area contributed by atoms with Gasteiger partial charge in [-0.2, -0.15) is 0 Å². The summed E-state index contributed by atoms with van der Waals surface area (Å²) in [5.41, 5.74) is 1.96. The zero-order valence-electron chi connectivity index (χ0n) is 15.3. The van der Waals surface area contributed by atoms with Crippen LogP contribution in [0.25, 0.3) is 0 Å². The smallest absolute Gasteiger partial charge is 0.337 e. The van der Waals surface area contributed by atoms with Crippen molar-refractivity contribution in [3.63, 3.8) is 0 Å². The van der Waals surface area contributed by atoms with E-state index >= 15 is 0 Å². The molecule has 0 amide bonds. The summed E-state index contributed by atoms with van der Waals surface area (Å²) in [4.78, 5) is 33.8. The molecule has 0 fully saturated rings. The molecular formula is C21H22O6. The van der Waals surface area contributed by atoms with Crippen molar-refractivity contribution in [2.24, 2.45) is 0 Å². The summed E-state index contributed by atoms with van der Waals surface area (Å²) >= 11 is 0. The predicted molar refractivity (Wildman–Crippen MR) is 101 cm³/mol. The van der Waals surface area contributed by atoms with Crippen molar-refractivity contribution in [3.8, 4) is 0 Å². The van der Waals surface area contributed by atoms with Gasteiger partial charge >= 0.3 is 11.9 Å². The van der Waals surface area contributed by atoms with Gasteiger partial charge < -0.3 is 14.6 Å². The van der Waals surface area contributed by atoms with Gasteiger partial charge in [-0.15, -0.1) is 0 Å². The Morgan fingerprint density at radius 3 is 1.93 bits per heavy atom. The van der Waals surface area contributed by atoms with Gasteiger partial charge in [-0.25, -0.2) is 9.59 Å². The van der Waals surface area contributed by atoms with Crippen LogP contribution in [-0.4, -0.2) is 43.2 Å². The molecular weight excluding hydrogens is 348 g/mol. The number of ether oxygens (including phenoxy) is 2. The molecule has 2 rings (SSSR count). The first-order valence-corrected chi connectivity index (χ1v) is 8.12. The second kappa shape index (κ2) is 11.4. The average Bonchev–Trinajstić information content (AvgIpc) is 2.72. The maximum Gasteiger partial charge on any atom is 0.337 e. The van der Waals surface area contributed by atoms with Crippen LogP contribution in [0.15, 0.2) is 66.7 Å². The normalized spacial score (nSPS) is 9.44. The minimum atomic E-state index is -0.455. The van der Waals surface area contributed by atoms with Crippen LogP contribution < -0.4 is 0 Å². The number of aliphatic hydroxyl groups excluding tert-OH is 1. The SMILES string of the molecule is C=C(C)C(=O)OCCO.COC(=O)c1ccc(C(=O)c2ccccc2)cc1. The highest BCUT2D eigenvalue weighted by Gasteiger charge is 2.10. The van der Waals surface area contributed by atoms with E-state index in [-0.39, 0.29) is 19.0 Å². The third kappa shape index (κ3) is 7.25. The molecule has 0 unspecified atom stereocenters. The molecule has 0 bridgehead atoms. The van der Waals surface area contributed by atoms with E-state index in [0.717, 1.165) is 0 Å². The lowest BCUT2D eigenvalue weighted by atomic mass is 10.0. The first-order valence-electron chi connectivity index (χ1n) is 8.12. The average molecular weight is 370 g/mol. The third-order valence-electron chi connectivity index (χ3n) is 3.28. The van der Waals surface area contributed by atoms with Gasteiger partial charge in [-0.05, 0) is 19.1 Å². The molecule has 0 saturated carbocycles. The fourth-order valence-electron chi connectivity index (χ4n) is 1.89. The molecule has 0 aliphatic heterocycles. The van der Waals surface area contributed by atoms with Crippen LogP contribution in [0.2, 0.25) is 0 Å². The first-order chi connectivity index (χ1) is 12.9. The number of methoxy groups -OCH3 is 1. The van der Waals surface area contributed by atoms with Gasteiger partial charge in [-0.3, -0.25) is 4.79 Å². The highest BCUT2D eigenvalue weighted by molar-refractivity contribution is 6.09. The summed E-state index contributed by atoms with van der Waals surface area (Å²) in [5.74, 6) is -0.926. The van der Waals surface area contributed by atoms with Crippen LogP contribution in [0, 0.1) is 0 Å². The molecule has 0 aliphatic carbocycles. The second-order valence-electron chi connectivity index (χ2n) is 5.40. The standard InChI is InChI=1S/C15H12O3.C6H10O3/c1-18-15(17)13-9-7-12(8-10-13)14(16)11-5-3-2-4-6-11;1-5(2)6(8)9-4-3-7/h2-10H,1H3;7H,1,3-4H2,2H3. The Morgan fingerprint density at radius 1 is 0.926 bits per heavy atom. The van der Waals surface area contributed by atoms with Crippen LogP contribution in [0.5, 0.6) is 0 Å². The summed E-state index contributed by atoms with van der Waals surface area (Å²) in [6.45, 7) is 4.81. The summed E-state index contributed by atoms with van der Waals surface area (Å²) in [6.07, 6.45) is 0. The van der Waals surface area contributed by atoms with Crippen LogP contribution in [-0.2, 0) is 14.3 Å². The van der Waals surface area contributed by atoms with Crippen molar-refractivity contribution in [1.82, 2.24) is 0 Å². The Morgan fingerprint density at radius 2 is 1.44 bits per heavy atom.